The number of carbonyl (C=O) groups excluding carboxylic acids is 1. The van der Waals surface area contributed by atoms with Crippen LogP contribution in [0.25, 0.3) is 10.9 Å². The van der Waals surface area contributed by atoms with Gasteiger partial charge in [0, 0.05) is 22.7 Å². The van der Waals surface area contributed by atoms with Crippen LogP contribution in [0.5, 0.6) is 0 Å². The van der Waals surface area contributed by atoms with Crippen LogP contribution >= 0.6 is 0 Å². The Bertz CT molecular complexity index is 556. The van der Waals surface area contributed by atoms with Crippen molar-refractivity contribution in [2.24, 2.45) is 0 Å². The lowest BCUT2D eigenvalue weighted by molar-refractivity contribution is -0.140. The summed E-state index contributed by atoms with van der Waals surface area (Å²) in [5, 5.41) is 9.75. The van der Waals surface area contributed by atoms with Crippen molar-refractivity contribution in [3.05, 3.63) is 36.0 Å². The molecule has 2 aromatic rings. The van der Waals surface area contributed by atoms with Crippen LogP contribution in [0.3, 0.4) is 0 Å². The highest BCUT2D eigenvalue weighted by Crippen LogP contribution is 2.23. The van der Waals surface area contributed by atoms with Gasteiger partial charge in [0.05, 0.1) is 0 Å². The van der Waals surface area contributed by atoms with Crippen LogP contribution in [0, 0.1) is 0 Å². The summed E-state index contributed by atoms with van der Waals surface area (Å²) in [5.74, 6) is -0.918. The number of nitrogens with zero attached hydrogens (tertiary/aromatic N) is 1. The van der Waals surface area contributed by atoms with Gasteiger partial charge in [0.25, 0.3) is 0 Å². The van der Waals surface area contributed by atoms with Gasteiger partial charge in [-0.15, -0.1) is 0 Å². The third kappa shape index (κ3) is 1.48. The van der Waals surface area contributed by atoms with E-state index in [-0.39, 0.29) is 0 Å². The Balaban J connectivity index is 2.71. The fourth-order valence-electron chi connectivity index (χ4n) is 1.77. The molecule has 0 bridgehead atoms. The van der Waals surface area contributed by atoms with Crippen LogP contribution in [0.4, 0.5) is 0 Å². The molecule has 1 aromatic carbocycles. The number of para-hydroxylation sites is 1. The number of hydrogen-bond acceptors (Lipinski definition) is 2. The third-order valence-electron chi connectivity index (χ3n) is 2.67. The van der Waals surface area contributed by atoms with Crippen LogP contribution in [0.2, 0.25) is 0 Å². The molecule has 4 nitrogen and oxygen atoms in total. The van der Waals surface area contributed by atoms with Gasteiger partial charge in [-0.05, 0) is 13.0 Å². The molecule has 82 valence electrons. The van der Waals surface area contributed by atoms with Gasteiger partial charge < -0.3 is 9.67 Å². The van der Waals surface area contributed by atoms with Crippen molar-refractivity contribution >= 4 is 23.2 Å². The first kappa shape index (κ1) is 10.4. The minimum Gasteiger partial charge on any atom is -0.480 e. The van der Waals surface area contributed by atoms with E-state index >= 15 is 0 Å². The van der Waals surface area contributed by atoms with Crippen LogP contribution in [0.15, 0.2) is 30.5 Å². The summed E-state index contributed by atoms with van der Waals surface area (Å²) in [6, 6.07) is 6.58. The Morgan fingerprint density at radius 1 is 1.44 bits per heavy atom. The third-order valence-corrected chi connectivity index (χ3v) is 2.67. The molecule has 1 aromatic heterocycles. The van der Waals surface area contributed by atoms with Gasteiger partial charge in [0.15, 0.2) is 6.29 Å². The number of aromatic nitrogens is 1. The standard InChI is InChI=1S/C12H11NO3/c1-8(12(15)16)13-6-9(7-14)10-4-2-3-5-11(10)13/h2-8H,1H3,(H,15,16)/t8-/m0/s1. The molecule has 16 heavy (non-hydrogen) atoms. The number of aldehydes is 1. The number of fused-ring (bicyclic) bond motifs is 1. The normalized spacial score (nSPS) is 12.6. The Labute approximate surface area is 92.1 Å². The number of carboxylic acids is 1. The van der Waals surface area contributed by atoms with Gasteiger partial charge in [0.2, 0.25) is 0 Å². The molecule has 1 N–H and O–H groups in total. The zero-order valence-corrected chi connectivity index (χ0v) is 8.75. The molecule has 1 heterocycles. The van der Waals surface area contributed by atoms with Gasteiger partial charge in [-0.1, -0.05) is 18.2 Å². The summed E-state index contributed by atoms with van der Waals surface area (Å²) in [7, 11) is 0. The molecule has 0 aliphatic carbocycles. The first-order valence-electron chi connectivity index (χ1n) is 4.92. The predicted molar refractivity (Wildman–Crippen MR) is 59.7 cm³/mol. The van der Waals surface area contributed by atoms with E-state index in [0.29, 0.717) is 5.56 Å². The molecule has 0 fully saturated rings. The summed E-state index contributed by atoms with van der Waals surface area (Å²) in [4.78, 5) is 21.8. The van der Waals surface area contributed by atoms with E-state index in [9.17, 15) is 9.59 Å². The number of aliphatic carboxylic acids is 1. The molecular formula is C12H11NO3. The molecule has 0 spiro atoms. The maximum atomic E-state index is 10.9. The van der Waals surface area contributed by atoms with Gasteiger partial charge in [0.1, 0.15) is 6.04 Å². The van der Waals surface area contributed by atoms with Crippen molar-refractivity contribution < 1.29 is 14.7 Å². The minimum atomic E-state index is -0.918. The first-order chi connectivity index (χ1) is 7.65. The summed E-state index contributed by atoms with van der Waals surface area (Å²) in [6.07, 6.45) is 2.32. The van der Waals surface area contributed by atoms with Crippen LogP contribution < -0.4 is 0 Å². The summed E-state index contributed by atoms with van der Waals surface area (Å²) < 4.78 is 1.60. The van der Waals surface area contributed by atoms with Crippen molar-refractivity contribution in [2.45, 2.75) is 13.0 Å². The van der Waals surface area contributed by atoms with Crippen LogP contribution in [0.1, 0.15) is 23.3 Å². The fraction of sp³-hybridized carbons (Fsp3) is 0.167. The SMILES string of the molecule is C[C@@H](C(=O)O)n1cc(C=O)c2ccccc21. The highest BCUT2D eigenvalue weighted by atomic mass is 16.4. The van der Waals surface area contributed by atoms with Crippen LogP contribution in [-0.2, 0) is 4.79 Å². The second-order valence-electron chi connectivity index (χ2n) is 3.64. The smallest absolute Gasteiger partial charge is 0.326 e. The molecule has 0 aliphatic heterocycles. The molecule has 0 saturated carbocycles. The maximum absolute atomic E-state index is 10.9. The zero-order valence-electron chi connectivity index (χ0n) is 8.75. The van der Waals surface area contributed by atoms with E-state index in [1.165, 1.54) is 0 Å². The molecule has 4 heteroatoms. The van der Waals surface area contributed by atoms with Crippen molar-refractivity contribution in [2.75, 3.05) is 0 Å². The van der Waals surface area contributed by atoms with Gasteiger partial charge in [-0.25, -0.2) is 4.79 Å². The van der Waals surface area contributed by atoms with Crippen molar-refractivity contribution in [1.82, 2.24) is 4.57 Å². The van der Waals surface area contributed by atoms with E-state index in [0.717, 1.165) is 17.2 Å². The monoisotopic (exact) mass is 217 g/mol. The van der Waals surface area contributed by atoms with E-state index in [2.05, 4.69) is 0 Å². The Hall–Kier alpha value is -2.10. The second-order valence-corrected chi connectivity index (χ2v) is 3.64. The number of benzene rings is 1. The Morgan fingerprint density at radius 3 is 2.75 bits per heavy atom. The lowest BCUT2D eigenvalue weighted by Gasteiger charge is -2.09. The minimum absolute atomic E-state index is 0.517. The van der Waals surface area contributed by atoms with Crippen molar-refractivity contribution in [1.29, 1.82) is 0 Å². The second kappa shape index (κ2) is 3.81. The number of carboxylic acid groups (broad SMARTS) is 1. The molecule has 0 aliphatic rings. The summed E-state index contributed by atoms with van der Waals surface area (Å²) in [6.45, 7) is 1.59. The number of hydrogen-bond donors (Lipinski definition) is 1. The fourth-order valence-corrected chi connectivity index (χ4v) is 1.77. The predicted octanol–water partition coefficient (Wildman–Crippen LogP) is 2.10. The highest BCUT2D eigenvalue weighted by molar-refractivity contribution is 5.98. The van der Waals surface area contributed by atoms with Gasteiger partial charge >= 0.3 is 5.97 Å². The van der Waals surface area contributed by atoms with Gasteiger partial charge in [-0.3, -0.25) is 4.79 Å². The summed E-state index contributed by atoms with van der Waals surface area (Å²) in [5.41, 5.74) is 1.28. The number of rotatable bonds is 3. The molecule has 0 amide bonds. The average molecular weight is 217 g/mol. The zero-order chi connectivity index (χ0) is 11.7. The Morgan fingerprint density at radius 2 is 2.12 bits per heavy atom. The maximum Gasteiger partial charge on any atom is 0.326 e. The molecule has 0 saturated heterocycles. The lowest BCUT2D eigenvalue weighted by atomic mass is 10.2. The van der Waals surface area contributed by atoms with E-state index < -0.39 is 12.0 Å². The van der Waals surface area contributed by atoms with E-state index in [1.54, 1.807) is 17.7 Å². The largest absolute Gasteiger partial charge is 0.480 e. The number of carbonyl (C=O) groups is 2. The van der Waals surface area contributed by atoms with Crippen molar-refractivity contribution in [3.8, 4) is 0 Å². The van der Waals surface area contributed by atoms with E-state index in [1.807, 2.05) is 24.3 Å². The van der Waals surface area contributed by atoms with E-state index in [4.69, 9.17) is 5.11 Å². The quantitative estimate of drug-likeness (QED) is 0.801. The molecular weight excluding hydrogens is 206 g/mol. The first-order valence-corrected chi connectivity index (χ1v) is 4.92. The molecule has 0 unspecified atom stereocenters. The molecule has 1 atom stereocenters. The Kier molecular flexibility index (Phi) is 2.48. The van der Waals surface area contributed by atoms with Crippen LogP contribution in [-0.4, -0.2) is 21.9 Å². The average Bonchev–Trinajstić information content (AvgIpc) is 2.66. The lowest BCUT2D eigenvalue weighted by Crippen LogP contribution is -2.14. The highest BCUT2D eigenvalue weighted by Gasteiger charge is 2.17. The summed E-state index contributed by atoms with van der Waals surface area (Å²) >= 11 is 0. The molecule has 0 radical (unpaired) electrons. The van der Waals surface area contributed by atoms with Crippen molar-refractivity contribution in [3.63, 3.8) is 0 Å². The molecule has 2 rings (SSSR count). The van der Waals surface area contributed by atoms with Gasteiger partial charge in [-0.2, -0.15) is 0 Å². The topological polar surface area (TPSA) is 59.3 Å².